The molecule has 2 rings (SSSR count). The van der Waals surface area contributed by atoms with Crippen LogP contribution in [-0.2, 0) is 9.59 Å². The standard InChI is InChI=1S/C17H17ClN2O3/c1-10-5-4-6-11(2)15(10)20-17(22)16(21)19-12-7-8-14(23-3)13(18)9-12/h4-9H,1-3H3,(H,19,21)(H,20,22). The van der Waals surface area contributed by atoms with Crippen LogP contribution in [0, 0.1) is 13.8 Å². The summed E-state index contributed by atoms with van der Waals surface area (Å²) in [5.41, 5.74) is 2.83. The van der Waals surface area contributed by atoms with E-state index in [2.05, 4.69) is 10.6 Å². The first-order chi connectivity index (χ1) is 10.9. The second kappa shape index (κ2) is 7.15. The molecule has 0 fully saturated rings. The Hall–Kier alpha value is -2.53. The van der Waals surface area contributed by atoms with Gasteiger partial charge in [0.25, 0.3) is 0 Å². The fourth-order valence-corrected chi connectivity index (χ4v) is 2.37. The molecule has 0 unspecified atom stereocenters. The van der Waals surface area contributed by atoms with E-state index < -0.39 is 11.8 Å². The molecule has 2 amide bonds. The summed E-state index contributed by atoms with van der Waals surface area (Å²) in [7, 11) is 1.50. The van der Waals surface area contributed by atoms with Gasteiger partial charge in [0, 0.05) is 11.4 Å². The number of carbonyl (C=O) groups excluding carboxylic acids is 2. The molecule has 0 heterocycles. The van der Waals surface area contributed by atoms with E-state index in [1.807, 2.05) is 32.0 Å². The number of anilines is 2. The molecule has 120 valence electrons. The molecule has 2 aromatic rings. The van der Waals surface area contributed by atoms with E-state index in [1.165, 1.54) is 13.2 Å². The third kappa shape index (κ3) is 4.02. The zero-order valence-electron chi connectivity index (χ0n) is 13.1. The van der Waals surface area contributed by atoms with Gasteiger partial charge in [-0.25, -0.2) is 0 Å². The van der Waals surface area contributed by atoms with E-state index in [0.29, 0.717) is 22.1 Å². The minimum Gasteiger partial charge on any atom is -0.495 e. The van der Waals surface area contributed by atoms with Crippen LogP contribution in [0.15, 0.2) is 36.4 Å². The predicted molar refractivity (Wildman–Crippen MR) is 91.2 cm³/mol. The van der Waals surface area contributed by atoms with Crippen LogP contribution in [0.1, 0.15) is 11.1 Å². The van der Waals surface area contributed by atoms with Crippen molar-refractivity contribution in [3.63, 3.8) is 0 Å². The maximum absolute atomic E-state index is 12.0. The highest BCUT2D eigenvalue weighted by atomic mass is 35.5. The number of methoxy groups -OCH3 is 1. The number of ether oxygens (including phenoxy) is 1. The van der Waals surface area contributed by atoms with Crippen LogP contribution in [0.5, 0.6) is 5.75 Å². The summed E-state index contributed by atoms with van der Waals surface area (Å²) in [5, 5.41) is 5.48. The van der Waals surface area contributed by atoms with Crippen molar-refractivity contribution < 1.29 is 14.3 Å². The second-order valence-corrected chi connectivity index (χ2v) is 5.43. The molecule has 0 aliphatic rings. The number of nitrogens with one attached hydrogen (secondary N) is 2. The fourth-order valence-electron chi connectivity index (χ4n) is 2.11. The molecule has 5 nitrogen and oxygen atoms in total. The molecule has 0 radical (unpaired) electrons. The minimum absolute atomic E-state index is 0.348. The van der Waals surface area contributed by atoms with Crippen molar-refractivity contribution >= 4 is 34.8 Å². The van der Waals surface area contributed by atoms with Crippen molar-refractivity contribution in [1.29, 1.82) is 0 Å². The molecule has 2 aromatic carbocycles. The lowest BCUT2D eigenvalue weighted by atomic mass is 10.1. The van der Waals surface area contributed by atoms with Crippen LogP contribution in [0.4, 0.5) is 11.4 Å². The third-order valence-electron chi connectivity index (χ3n) is 3.34. The van der Waals surface area contributed by atoms with Gasteiger partial charge in [0.2, 0.25) is 0 Å². The normalized spacial score (nSPS) is 10.1. The van der Waals surface area contributed by atoms with Crippen LogP contribution in [0.2, 0.25) is 5.02 Å². The Morgan fingerprint density at radius 2 is 1.61 bits per heavy atom. The Balaban J connectivity index is 2.09. The SMILES string of the molecule is COc1ccc(NC(=O)C(=O)Nc2c(C)cccc2C)cc1Cl. The third-order valence-corrected chi connectivity index (χ3v) is 3.63. The van der Waals surface area contributed by atoms with Gasteiger partial charge in [-0.1, -0.05) is 29.8 Å². The van der Waals surface area contributed by atoms with Crippen LogP contribution in [-0.4, -0.2) is 18.9 Å². The van der Waals surface area contributed by atoms with E-state index in [4.69, 9.17) is 16.3 Å². The Labute approximate surface area is 139 Å². The minimum atomic E-state index is -0.770. The van der Waals surface area contributed by atoms with Gasteiger partial charge in [-0.05, 0) is 43.2 Å². The number of hydrogen-bond acceptors (Lipinski definition) is 3. The number of para-hydroxylation sites is 1. The van der Waals surface area contributed by atoms with Crippen molar-refractivity contribution in [3.8, 4) is 5.75 Å². The topological polar surface area (TPSA) is 67.4 Å². The first-order valence-electron chi connectivity index (χ1n) is 6.94. The highest BCUT2D eigenvalue weighted by Crippen LogP contribution is 2.27. The molecule has 0 aromatic heterocycles. The average molecular weight is 333 g/mol. The van der Waals surface area contributed by atoms with Gasteiger partial charge in [-0.15, -0.1) is 0 Å². The van der Waals surface area contributed by atoms with Crippen molar-refractivity contribution in [2.45, 2.75) is 13.8 Å². The Morgan fingerprint density at radius 1 is 1.00 bits per heavy atom. The lowest BCUT2D eigenvalue weighted by Gasteiger charge is -2.12. The summed E-state index contributed by atoms with van der Waals surface area (Å²) < 4.78 is 5.03. The summed E-state index contributed by atoms with van der Waals surface area (Å²) in [6.45, 7) is 3.73. The predicted octanol–water partition coefficient (Wildman–Crippen LogP) is 3.54. The summed E-state index contributed by atoms with van der Waals surface area (Å²) in [6.07, 6.45) is 0. The van der Waals surface area contributed by atoms with Crippen LogP contribution >= 0.6 is 11.6 Å². The molecule has 0 aliphatic heterocycles. The Morgan fingerprint density at radius 3 is 2.17 bits per heavy atom. The molecule has 0 saturated heterocycles. The number of hydrogen-bond donors (Lipinski definition) is 2. The molecule has 0 bridgehead atoms. The first-order valence-corrected chi connectivity index (χ1v) is 7.32. The maximum Gasteiger partial charge on any atom is 0.314 e. The van der Waals surface area contributed by atoms with Gasteiger partial charge < -0.3 is 15.4 Å². The van der Waals surface area contributed by atoms with E-state index in [-0.39, 0.29) is 0 Å². The molecule has 0 saturated carbocycles. The number of rotatable bonds is 3. The monoisotopic (exact) mass is 332 g/mol. The molecule has 0 aliphatic carbocycles. The van der Waals surface area contributed by atoms with E-state index >= 15 is 0 Å². The van der Waals surface area contributed by atoms with E-state index in [0.717, 1.165) is 11.1 Å². The number of amides is 2. The van der Waals surface area contributed by atoms with Gasteiger partial charge in [-0.2, -0.15) is 0 Å². The molecule has 0 spiro atoms. The molecule has 6 heteroatoms. The quantitative estimate of drug-likeness (QED) is 0.845. The molecule has 0 atom stereocenters. The fraction of sp³-hybridized carbons (Fsp3) is 0.176. The summed E-state index contributed by atoms with van der Waals surface area (Å²) in [6, 6.07) is 10.4. The zero-order valence-corrected chi connectivity index (χ0v) is 13.8. The molecule has 23 heavy (non-hydrogen) atoms. The Kier molecular flexibility index (Phi) is 5.24. The van der Waals surface area contributed by atoms with E-state index in [1.54, 1.807) is 12.1 Å². The van der Waals surface area contributed by atoms with Crippen LogP contribution < -0.4 is 15.4 Å². The van der Waals surface area contributed by atoms with Gasteiger partial charge in [0.05, 0.1) is 12.1 Å². The number of benzene rings is 2. The van der Waals surface area contributed by atoms with E-state index in [9.17, 15) is 9.59 Å². The van der Waals surface area contributed by atoms with Crippen molar-refractivity contribution in [3.05, 3.63) is 52.5 Å². The Bertz CT molecular complexity index is 739. The highest BCUT2D eigenvalue weighted by Gasteiger charge is 2.16. The van der Waals surface area contributed by atoms with Crippen molar-refractivity contribution in [2.75, 3.05) is 17.7 Å². The smallest absolute Gasteiger partial charge is 0.314 e. The first kappa shape index (κ1) is 16.8. The second-order valence-electron chi connectivity index (χ2n) is 5.02. The largest absolute Gasteiger partial charge is 0.495 e. The van der Waals surface area contributed by atoms with Crippen molar-refractivity contribution in [1.82, 2.24) is 0 Å². The zero-order chi connectivity index (χ0) is 17.0. The lowest BCUT2D eigenvalue weighted by Crippen LogP contribution is -2.29. The highest BCUT2D eigenvalue weighted by molar-refractivity contribution is 6.44. The van der Waals surface area contributed by atoms with Gasteiger partial charge in [0.1, 0.15) is 5.75 Å². The number of carbonyl (C=O) groups is 2. The average Bonchev–Trinajstić information content (AvgIpc) is 2.51. The summed E-state index contributed by atoms with van der Waals surface area (Å²) >= 11 is 5.99. The van der Waals surface area contributed by atoms with Crippen LogP contribution in [0.3, 0.4) is 0 Å². The van der Waals surface area contributed by atoms with Gasteiger partial charge in [-0.3, -0.25) is 9.59 Å². The lowest BCUT2D eigenvalue weighted by molar-refractivity contribution is -0.133. The summed E-state index contributed by atoms with van der Waals surface area (Å²) in [5.74, 6) is -1.02. The number of aryl methyl sites for hydroxylation is 2. The molecular weight excluding hydrogens is 316 g/mol. The molecular formula is C17H17ClN2O3. The maximum atomic E-state index is 12.0. The summed E-state index contributed by atoms with van der Waals surface area (Å²) in [4.78, 5) is 24.1. The van der Waals surface area contributed by atoms with Gasteiger partial charge >= 0.3 is 11.8 Å². The number of halogens is 1. The van der Waals surface area contributed by atoms with Gasteiger partial charge in [0.15, 0.2) is 0 Å². The van der Waals surface area contributed by atoms with Crippen LogP contribution in [0.25, 0.3) is 0 Å². The molecule has 2 N–H and O–H groups in total. The van der Waals surface area contributed by atoms with Crippen molar-refractivity contribution in [2.24, 2.45) is 0 Å².